The van der Waals surface area contributed by atoms with Crippen molar-refractivity contribution < 1.29 is 0 Å². The highest BCUT2D eigenvalue weighted by Gasteiger charge is 2.21. The van der Waals surface area contributed by atoms with Gasteiger partial charge in [0.1, 0.15) is 5.82 Å². The number of aromatic nitrogens is 1. The summed E-state index contributed by atoms with van der Waals surface area (Å²) >= 11 is 0. The maximum Gasteiger partial charge on any atom is 0.103 e. The van der Waals surface area contributed by atoms with E-state index in [2.05, 4.69) is 58.9 Å². The van der Waals surface area contributed by atoms with Gasteiger partial charge >= 0.3 is 0 Å². The largest absolute Gasteiger partial charge is 0.364 e. The molecule has 0 saturated carbocycles. The lowest BCUT2D eigenvalue weighted by molar-refractivity contribution is 0.690. The fraction of sp³-hybridized carbons (Fsp3) is 0.250. The lowest BCUT2D eigenvalue weighted by atomic mass is 9.85. The smallest absolute Gasteiger partial charge is 0.103 e. The van der Waals surface area contributed by atoms with Crippen LogP contribution in [-0.4, -0.2) is 11.0 Å². The first-order valence-electron chi connectivity index (χ1n) is 6.55. The Morgan fingerprint density at radius 2 is 2.11 bits per heavy atom. The van der Waals surface area contributed by atoms with Crippen LogP contribution in [-0.2, 0) is 0 Å². The number of rotatable bonds is 3. The monoisotopic (exact) mass is 238 g/mol. The molecule has 2 unspecified atom stereocenters. The SMILES string of the molecule is C1=CC(Nc2ccc[nH]2)C(C2=CCCC=C2)C=C1. The standard InChI is InChI=1S/C16H18N2/c1-2-7-13(8-3-1)14-9-4-5-10-15(14)18-16-11-6-12-17-16/h2,4-12,14-15,17-18H,1,3H2. The van der Waals surface area contributed by atoms with Crippen molar-refractivity contribution >= 4 is 5.82 Å². The Kier molecular flexibility index (Phi) is 3.18. The van der Waals surface area contributed by atoms with Crippen molar-refractivity contribution in [3.05, 3.63) is 66.4 Å². The van der Waals surface area contributed by atoms with E-state index in [1.165, 1.54) is 12.0 Å². The molecular weight excluding hydrogens is 220 g/mol. The van der Waals surface area contributed by atoms with Gasteiger partial charge in [-0.2, -0.15) is 0 Å². The van der Waals surface area contributed by atoms with Crippen LogP contribution in [0.4, 0.5) is 5.82 Å². The molecule has 3 rings (SSSR count). The molecule has 0 spiro atoms. The summed E-state index contributed by atoms with van der Waals surface area (Å²) in [5, 5.41) is 3.54. The Morgan fingerprint density at radius 3 is 2.89 bits per heavy atom. The summed E-state index contributed by atoms with van der Waals surface area (Å²) in [6.07, 6.45) is 19.9. The number of nitrogens with one attached hydrogen (secondary N) is 2. The van der Waals surface area contributed by atoms with E-state index >= 15 is 0 Å². The van der Waals surface area contributed by atoms with E-state index in [-0.39, 0.29) is 0 Å². The van der Waals surface area contributed by atoms with Crippen molar-refractivity contribution in [3.8, 4) is 0 Å². The van der Waals surface area contributed by atoms with Gasteiger partial charge in [-0.25, -0.2) is 0 Å². The maximum atomic E-state index is 3.54. The van der Waals surface area contributed by atoms with Gasteiger partial charge in [0.15, 0.2) is 0 Å². The fourth-order valence-electron chi connectivity index (χ4n) is 2.54. The van der Waals surface area contributed by atoms with Crippen molar-refractivity contribution in [1.82, 2.24) is 4.98 Å². The minimum Gasteiger partial charge on any atom is -0.364 e. The Morgan fingerprint density at radius 1 is 1.17 bits per heavy atom. The van der Waals surface area contributed by atoms with E-state index in [9.17, 15) is 0 Å². The molecule has 0 fully saturated rings. The van der Waals surface area contributed by atoms with E-state index < -0.39 is 0 Å². The molecule has 0 radical (unpaired) electrons. The summed E-state index contributed by atoms with van der Waals surface area (Å²) in [4.78, 5) is 3.20. The first kappa shape index (κ1) is 11.1. The second kappa shape index (κ2) is 5.13. The molecule has 0 aromatic carbocycles. The van der Waals surface area contributed by atoms with Crippen LogP contribution in [0.3, 0.4) is 0 Å². The first-order valence-corrected chi connectivity index (χ1v) is 6.55. The molecule has 2 atom stereocenters. The van der Waals surface area contributed by atoms with Gasteiger partial charge in [-0.15, -0.1) is 0 Å². The minimum absolute atomic E-state index is 0.322. The minimum atomic E-state index is 0.322. The number of aromatic amines is 1. The molecule has 2 nitrogen and oxygen atoms in total. The van der Waals surface area contributed by atoms with E-state index in [1.807, 2.05) is 12.3 Å². The molecule has 0 saturated heterocycles. The van der Waals surface area contributed by atoms with Gasteiger partial charge < -0.3 is 10.3 Å². The predicted octanol–water partition coefficient (Wildman–Crippen LogP) is 3.81. The summed E-state index contributed by atoms with van der Waals surface area (Å²) in [6.45, 7) is 0. The molecule has 2 aliphatic rings. The van der Waals surface area contributed by atoms with Gasteiger partial charge in [-0.3, -0.25) is 0 Å². The van der Waals surface area contributed by atoms with Gasteiger partial charge in [0, 0.05) is 12.1 Å². The molecular formula is C16H18N2. The number of H-pyrrole nitrogens is 1. The Bertz CT molecular complexity index is 503. The number of hydrogen-bond donors (Lipinski definition) is 2. The van der Waals surface area contributed by atoms with Crippen LogP contribution < -0.4 is 5.32 Å². The highest BCUT2D eigenvalue weighted by Crippen LogP contribution is 2.27. The summed E-state index contributed by atoms with van der Waals surface area (Å²) in [5.74, 6) is 1.50. The number of allylic oxidation sites excluding steroid dienone is 5. The third kappa shape index (κ3) is 2.33. The van der Waals surface area contributed by atoms with Crippen LogP contribution in [0, 0.1) is 5.92 Å². The van der Waals surface area contributed by atoms with E-state index in [4.69, 9.17) is 0 Å². The predicted molar refractivity (Wildman–Crippen MR) is 76.4 cm³/mol. The van der Waals surface area contributed by atoms with Gasteiger partial charge in [0.05, 0.1) is 6.04 Å². The van der Waals surface area contributed by atoms with Gasteiger partial charge in [0.2, 0.25) is 0 Å². The third-order valence-corrected chi connectivity index (χ3v) is 3.46. The summed E-state index contributed by atoms with van der Waals surface area (Å²) in [5.41, 5.74) is 1.42. The molecule has 2 N–H and O–H groups in total. The second-order valence-electron chi connectivity index (χ2n) is 4.73. The topological polar surface area (TPSA) is 27.8 Å². The number of hydrogen-bond acceptors (Lipinski definition) is 1. The van der Waals surface area contributed by atoms with E-state index in [0.717, 1.165) is 12.2 Å². The van der Waals surface area contributed by atoms with Crippen LogP contribution in [0.25, 0.3) is 0 Å². The Hall–Kier alpha value is -1.96. The van der Waals surface area contributed by atoms with Gasteiger partial charge in [-0.1, -0.05) is 42.5 Å². The summed E-state index contributed by atoms with van der Waals surface area (Å²) < 4.78 is 0. The van der Waals surface area contributed by atoms with E-state index in [0.29, 0.717) is 12.0 Å². The molecule has 1 aromatic heterocycles. The zero-order valence-corrected chi connectivity index (χ0v) is 10.3. The molecule has 1 heterocycles. The van der Waals surface area contributed by atoms with Gasteiger partial charge in [-0.05, 0) is 30.5 Å². The van der Waals surface area contributed by atoms with Crippen LogP contribution in [0.1, 0.15) is 12.8 Å². The van der Waals surface area contributed by atoms with Crippen LogP contribution >= 0.6 is 0 Å². The van der Waals surface area contributed by atoms with Crippen molar-refractivity contribution in [2.24, 2.45) is 5.92 Å². The normalized spacial score (nSPS) is 26.1. The van der Waals surface area contributed by atoms with E-state index in [1.54, 1.807) is 0 Å². The molecule has 2 aliphatic carbocycles. The molecule has 92 valence electrons. The average molecular weight is 238 g/mol. The molecule has 0 amide bonds. The first-order chi connectivity index (χ1) is 8.93. The van der Waals surface area contributed by atoms with Crippen LogP contribution in [0.2, 0.25) is 0 Å². The highest BCUT2D eigenvalue weighted by atomic mass is 15.0. The van der Waals surface area contributed by atoms with Gasteiger partial charge in [0.25, 0.3) is 0 Å². The lowest BCUT2D eigenvalue weighted by Gasteiger charge is -2.27. The lowest BCUT2D eigenvalue weighted by Crippen LogP contribution is -2.28. The van der Waals surface area contributed by atoms with Crippen molar-refractivity contribution in [3.63, 3.8) is 0 Å². The Balaban J connectivity index is 1.79. The van der Waals surface area contributed by atoms with Crippen molar-refractivity contribution in [1.29, 1.82) is 0 Å². The quantitative estimate of drug-likeness (QED) is 0.823. The highest BCUT2D eigenvalue weighted by molar-refractivity contribution is 5.43. The fourth-order valence-corrected chi connectivity index (χ4v) is 2.54. The molecule has 0 aliphatic heterocycles. The molecule has 1 aromatic rings. The number of anilines is 1. The maximum absolute atomic E-state index is 3.54. The van der Waals surface area contributed by atoms with Crippen molar-refractivity contribution in [2.45, 2.75) is 18.9 Å². The molecule has 2 heteroatoms. The van der Waals surface area contributed by atoms with Crippen LogP contribution in [0.5, 0.6) is 0 Å². The molecule has 18 heavy (non-hydrogen) atoms. The third-order valence-electron chi connectivity index (χ3n) is 3.46. The van der Waals surface area contributed by atoms with Crippen LogP contribution in [0.15, 0.2) is 66.4 Å². The average Bonchev–Trinajstić information content (AvgIpc) is 2.93. The summed E-state index contributed by atoms with van der Waals surface area (Å²) in [6, 6.07) is 4.40. The van der Waals surface area contributed by atoms with Crippen molar-refractivity contribution in [2.75, 3.05) is 5.32 Å². The Labute approximate surface area is 108 Å². The molecule has 0 bridgehead atoms. The zero-order valence-electron chi connectivity index (χ0n) is 10.3. The summed E-state index contributed by atoms with van der Waals surface area (Å²) in [7, 11) is 0. The second-order valence-corrected chi connectivity index (χ2v) is 4.73. The zero-order chi connectivity index (χ0) is 12.2.